The summed E-state index contributed by atoms with van der Waals surface area (Å²) in [5, 5.41) is 8.40. The van der Waals surface area contributed by atoms with E-state index in [0.717, 1.165) is 99.7 Å². The van der Waals surface area contributed by atoms with Gasteiger partial charge in [0.2, 0.25) is 0 Å². The first kappa shape index (κ1) is 41.8. The molecular weight excluding hydrogens is 1100 g/mol. The molecule has 6 heterocycles. The van der Waals surface area contributed by atoms with Gasteiger partial charge >= 0.3 is 0 Å². The number of aromatic nitrogens is 5. The van der Waals surface area contributed by atoms with Crippen molar-refractivity contribution in [1.29, 1.82) is 0 Å². The Morgan fingerprint density at radius 2 is 1.09 bits per heavy atom. The van der Waals surface area contributed by atoms with Crippen molar-refractivity contribution in [2.24, 2.45) is 14.0 Å². The largest absolute Gasteiger partial charge is 0.509 e. The summed E-state index contributed by atoms with van der Waals surface area (Å²) in [7, 11) is 2.06. The Morgan fingerprint density at radius 1 is 0.507 bits per heavy atom. The second kappa shape index (κ2) is 16.7. The third-order valence-electron chi connectivity index (χ3n) is 15.2. The third-order valence-corrected chi connectivity index (χ3v) is 15.2. The van der Waals surface area contributed by atoms with Crippen LogP contribution in [0.3, 0.4) is 0 Å². The number of para-hydroxylation sites is 6. The fourth-order valence-corrected chi connectivity index (χ4v) is 11.8. The van der Waals surface area contributed by atoms with Gasteiger partial charge < -0.3 is 32.8 Å². The van der Waals surface area contributed by atoms with E-state index in [1.54, 1.807) is 4.57 Å². The summed E-state index contributed by atoms with van der Waals surface area (Å²) in [4.78, 5) is 9.24. The van der Waals surface area contributed by atoms with Crippen LogP contribution >= 0.6 is 0 Å². The maximum absolute atomic E-state index is 8.99. The molecule has 0 aliphatic carbocycles. The number of ether oxygens (including phenoxy) is 1. The summed E-state index contributed by atoms with van der Waals surface area (Å²) in [5.41, 5.74) is 12.9. The summed E-state index contributed by atoms with van der Waals surface area (Å²) in [6, 6.07) is 72.1. The van der Waals surface area contributed by atoms with Gasteiger partial charge in [-0.2, -0.15) is 12.1 Å². The SMILES string of the molecule is [2H]C([2H])([2H])n1c2ccccc2c2cc3c4ccccc4n(C)c3c(N3[CH-]N(c4[c-]c(Oc5[c-]c6c(cc5)c5cc(-n7c8ccccc8c8ccccc87)ccc5n6-c5cc(C(C)(C)C)ccn5)ccc4)c4ccccc43)c21.[Pt]. The molecule has 0 N–H and O–H groups in total. The molecule has 0 fully saturated rings. The quantitative estimate of drug-likeness (QED) is 0.156. The summed E-state index contributed by atoms with van der Waals surface area (Å²) in [5.74, 6) is 1.83. The number of aryl methyl sites for hydroxylation is 2. The van der Waals surface area contributed by atoms with Gasteiger partial charge in [0.05, 0.1) is 27.8 Å². The van der Waals surface area contributed by atoms with Crippen LogP contribution < -0.4 is 14.5 Å². The van der Waals surface area contributed by atoms with Crippen LogP contribution in [-0.2, 0) is 40.5 Å². The molecule has 1 aliphatic rings. The first-order chi connectivity index (χ1) is 37.4. The van der Waals surface area contributed by atoms with Crippen LogP contribution in [0, 0.1) is 18.8 Å². The molecule has 5 aromatic heterocycles. The van der Waals surface area contributed by atoms with Crippen molar-refractivity contribution in [2.75, 3.05) is 9.80 Å². The maximum atomic E-state index is 8.99. The number of hydrogen-bond donors (Lipinski definition) is 0. The molecule has 0 amide bonds. The van der Waals surface area contributed by atoms with Crippen LogP contribution in [0.1, 0.15) is 30.4 Å². The molecule has 9 heteroatoms. The van der Waals surface area contributed by atoms with Crippen molar-refractivity contribution in [3.05, 3.63) is 219 Å². The molecular formula is C66H48N7OPt-3. The van der Waals surface area contributed by atoms with E-state index in [-0.39, 0.29) is 26.5 Å². The number of hydrogen-bond acceptors (Lipinski definition) is 4. The van der Waals surface area contributed by atoms with Crippen LogP contribution in [0.15, 0.2) is 194 Å². The van der Waals surface area contributed by atoms with Crippen molar-refractivity contribution in [3.63, 3.8) is 0 Å². The molecule has 9 aromatic carbocycles. The van der Waals surface area contributed by atoms with Crippen LogP contribution in [0.4, 0.5) is 22.7 Å². The Morgan fingerprint density at radius 3 is 1.77 bits per heavy atom. The number of rotatable bonds is 6. The van der Waals surface area contributed by atoms with Gasteiger partial charge in [0.15, 0.2) is 0 Å². The molecule has 0 unspecified atom stereocenters. The normalized spacial score (nSPS) is 13.7. The van der Waals surface area contributed by atoms with Gasteiger partial charge in [0.25, 0.3) is 0 Å². The predicted octanol–water partition coefficient (Wildman–Crippen LogP) is 16.7. The number of anilines is 4. The molecule has 14 aromatic rings. The minimum atomic E-state index is -2.48. The minimum absolute atomic E-state index is 0. The van der Waals surface area contributed by atoms with Gasteiger partial charge in [-0.1, -0.05) is 111 Å². The molecule has 15 rings (SSSR count). The van der Waals surface area contributed by atoms with E-state index in [1.807, 2.05) is 72.9 Å². The second-order valence-corrected chi connectivity index (χ2v) is 20.4. The number of nitrogens with zero attached hydrogens (tertiary/aromatic N) is 7. The minimum Gasteiger partial charge on any atom is -0.509 e. The van der Waals surface area contributed by atoms with E-state index in [1.165, 1.54) is 16.3 Å². The summed E-state index contributed by atoms with van der Waals surface area (Å²) in [6.45, 7) is 6.23. The van der Waals surface area contributed by atoms with Gasteiger partial charge in [-0.05, 0) is 89.2 Å². The zero-order valence-electron chi connectivity index (χ0n) is 44.4. The molecule has 1 aliphatic heterocycles. The fourth-order valence-electron chi connectivity index (χ4n) is 11.8. The molecule has 0 atom stereocenters. The fraction of sp³-hybridized carbons (Fsp3) is 0.0909. The van der Waals surface area contributed by atoms with E-state index in [2.05, 4.69) is 191 Å². The first-order valence-corrected chi connectivity index (χ1v) is 25.0. The van der Waals surface area contributed by atoms with Gasteiger partial charge in [-0.15, -0.1) is 48.1 Å². The van der Waals surface area contributed by atoms with Gasteiger partial charge in [-0.25, -0.2) is 4.98 Å². The first-order valence-electron chi connectivity index (χ1n) is 26.5. The standard InChI is InChI=1S/C66H48N7O.Pt/c1-66(2,3)41-33-34-67-62(35-41)73-58-32-29-43(72-56-25-12-8-19-46(56)47-20-9-13-26-57(47)72)37-51(58)50-31-30-45(38-61(50)73)74-44-18-16-17-42(36-44)70-40-71(60-28-15-14-27-59(60)70)65-63-52(48-21-6-10-23-54(48)68(63)4)39-53-49-22-7-11-24-55(49)69(5)64(53)65;/h6-35,37,39-40H,1-5H3;/q-3;/i4D3;. The monoisotopic (exact) mass is 1150 g/mol. The van der Waals surface area contributed by atoms with Gasteiger partial charge in [0.1, 0.15) is 5.82 Å². The van der Waals surface area contributed by atoms with E-state index in [4.69, 9.17) is 13.8 Å². The number of benzene rings is 9. The molecule has 0 saturated carbocycles. The van der Waals surface area contributed by atoms with Crippen molar-refractivity contribution < 1.29 is 29.9 Å². The smallest absolute Gasteiger partial charge is 0.135 e. The summed E-state index contributed by atoms with van der Waals surface area (Å²) >= 11 is 0. The van der Waals surface area contributed by atoms with Crippen molar-refractivity contribution in [2.45, 2.75) is 26.2 Å². The van der Waals surface area contributed by atoms with Gasteiger partial charge in [-0.3, -0.25) is 0 Å². The molecule has 0 saturated heterocycles. The van der Waals surface area contributed by atoms with Crippen molar-refractivity contribution in [1.82, 2.24) is 23.3 Å². The van der Waals surface area contributed by atoms with Crippen LogP contribution in [0.25, 0.3) is 98.7 Å². The van der Waals surface area contributed by atoms with Crippen LogP contribution in [0.5, 0.6) is 11.5 Å². The zero-order chi connectivity index (χ0) is 52.1. The predicted molar refractivity (Wildman–Crippen MR) is 305 cm³/mol. The van der Waals surface area contributed by atoms with Crippen molar-refractivity contribution in [3.8, 4) is 23.0 Å². The van der Waals surface area contributed by atoms with Crippen LogP contribution in [-0.4, -0.2) is 23.3 Å². The number of fused-ring (bicyclic) bond motifs is 13. The van der Waals surface area contributed by atoms with E-state index in [0.29, 0.717) is 22.5 Å². The average molecular weight is 1150 g/mol. The molecule has 0 radical (unpaired) electrons. The molecule has 8 nitrogen and oxygen atoms in total. The summed E-state index contributed by atoms with van der Waals surface area (Å²) in [6.07, 6.45) is 1.90. The van der Waals surface area contributed by atoms with E-state index >= 15 is 0 Å². The van der Waals surface area contributed by atoms with Gasteiger partial charge in [0, 0.05) is 123 Å². The molecule has 75 heavy (non-hydrogen) atoms. The second-order valence-electron chi connectivity index (χ2n) is 20.4. The number of pyridine rings is 1. The Hall–Kier alpha value is -8.58. The van der Waals surface area contributed by atoms with E-state index < -0.39 is 6.98 Å². The Kier molecular flexibility index (Phi) is 9.33. The Bertz CT molecular complexity index is 4730. The van der Waals surface area contributed by atoms with Crippen LogP contribution in [0.2, 0.25) is 0 Å². The van der Waals surface area contributed by atoms with Crippen molar-refractivity contribution >= 4 is 110 Å². The van der Waals surface area contributed by atoms with E-state index in [9.17, 15) is 0 Å². The molecule has 0 bridgehead atoms. The zero-order valence-corrected chi connectivity index (χ0v) is 43.7. The summed E-state index contributed by atoms with van der Waals surface area (Å²) < 4.78 is 42.1. The third kappa shape index (κ3) is 6.68. The topological polar surface area (TPSA) is 48.3 Å². The molecule has 0 spiro atoms. The average Bonchev–Trinajstić information content (AvgIpc) is 4.44. The Balaban J connectivity index is 0.00000552. The molecule has 366 valence electrons. The maximum Gasteiger partial charge on any atom is 0.135 e. The Labute approximate surface area is 452 Å².